The van der Waals surface area contributed by atoms with Crippen LogP contribution in [0.2, 0.25) is 0 Å². The number of aromatic nitrogens is 1. The van der Waals surface area contributed by atoms with Crippen molar-refractivity contribution in [1.29, 1.82) is 0 Å². The van der Waals surface area contributed by atoms with E-state index in [0.29, 0.717) is 12.2 Å². The second-order valence-electron chi connectivity index (χ2n) is 4.95. The van der Waals surface area contributed by atoms with E-state index in [1.807, 2.05) is 18.2 Å². The minimum Gasteiger partial charge on any atom is -0.376 e. The van der Waals surface area contributed by atoms with Gasteiger partial charge in [0, 0.05) is 23.0 Å². The third-order valence-electron chi connectivity index (χ3n) is 3.54. The Labute approximate surface area is 129 Å². The Balaban J connectivity index is 2.00. The third kappa shape index (κ3) is 2.98. The number of rotatable bonds is 4. The fourth-order valence-corrected chi connectivity index (χ4v) is 2.86. The molecule has 0 radical (unpaired) electrons. The van der Waals surface area contributed by atoms with Crippen LogP contribution in [0.1, 0.15) is 12.8 Å². The molecule has 0 unspecified atom stereocenters. The predicted octanol–water partition coefficient (Wildman–Crippen LogP) is 3.50. The number of fused-ring (bicyclic) bond motifs is 1. The van der Waals surface area contributed by atoms with Crippen LogP contribution in [0.25, 0.3) is 10.9 Å². The molecule has 110 valence electrons. The standard InChI is InChI=1S/C14H14BrN3O3/c15-9-3-4-12-11(6-9)14(13(8-16-12)18(19)20)17-7-10-2-1-5-21-10/h3-4,6,8,10H,1-2,5,7H2,(H,16,17)/t10-/m0/s1. The zero-order chi connectivity index (χ0) is 14.8. The quantitative estimate of drug-likeness (QED) is 0.673. The molecule has 0 amide bonds. The molecule has 0 spiro atoms. The van der Waals surface area contributed by atoms with Gasteiger partial charge in [-0.1, -0.05) is 15.9 Å². The number of benzene rings is 1. The molecule has 2 heterocycles. The van der Waals surface area contributed by atoms with Gasteiger partial charge in [0.15, 0.2) is 0 Å². The van der Waals surface area contributed by atoms with E-state index in [2.05, 4.69) is 26.2 Å². The van der Waals surface area contributed by atoms with Crippen LogP contribution < -0.4 is 5.32 Å². The van der Waals surface area contributed by atoms with E-state index in [9.17, 15) is 10.1 Å². The van der Waals surface area contributed by atoms with Gasteiger partial charge in [-0.2, -0.15) is 0 Å². The number of ether oxygens (including phenoxy) is 1. The second kappa shape index (κ2) is 5.95. The second-order valence-corrected chi connectivity index (χ2v) is 5.87. The van der Waals surface area contributed by atoms with E-state index in [4.69, 9.17) is 4.74 Å². The fourth-order valence-electron chi connectivity index (χ4n) is 2.50. The summed E-state index contributed by atoms with van der Waals surface area (Å²) in [6.07, 6.45) is 3.43. The molecule has 2 aromatic rings. The highest BCUT2D eigenvalue weighted by Gasteiger charge is 2.21. The van der Waals surface area contributed by atoms with Crippen LogP contribution in [0, 0.1) is 10.1 Å². The van der Waals surface area contributed by atoms with E-state index in [-0.39, 0.29) is 11.8 Å². The van der Waals surface area contributed by atoms with Crippen LogP contribution in [0.3, 0.4) is 0 Å². The number of nitrogens with zero attached hydrogens (tertiary/aromatic N) is 2. The Morgan fingerprint density at radius 1 is 1.52 bits per heavy atom. The molecule has 1 fully saturated rings. The summed E-state index contributed by atoms with van der Waals surface area (Å²) >= 11 is 3.40. The first kappa shape index (κ1) is 14.2. The summed E-state index contributed by atoms with van der Waals surface area (Å²) in [4.78, 5) is 15.0. The topological polar surface area (TPSA) is 77.3 Å². The number of anilines is 1. The normalized spacial score (nSPS) is 18.0. The Hall–Kier alpha value is -1.73. The fraction of sp³-hybridized carbons (Fsp3) is 0.357. The molecule has 1 saturated heterocycles. The van der Waals surface area contributed by atoms with Crippen molar-refractivity contribution in [2.75, 3.05) is 18.5 Å². The van der Waals surface area contributed by atoms with Crippen molar-refractivity contribution in [3.8, 4) is 0 Å². The zero-order valence-electron chi connectivity index (χ0n) is 11.2. The summed E-state index contributed by atoms with van der Waals surface area (Å²) in [6, 6.07) is 5.54. The van der Waals surface area contributed by atoms with Gasteiger partial charge in [0.25, 0.3) is 0 Å². The van der Waals surface area contributed by atoms with E-state index in [0.717, 1.165) is 34.8 Å². The SMILES string of the molecule is O=[N+]([O-])c1cnc2ccc(Br)cc2c1NC[C@@H]1CCCO1. The van der Waals surface area contributed by atoms with Gasteiger partial charge in [-0.15, -0.1) is 0 Å². The van der Waals surface area contributed by atoms with Gasteiger partial charge in [-0.3, -0.25) is 10.1 Å². The van der Waals surface area contributed by atoms with Crippen LogP contribution in [-0.2, 0) is 4.74 Å². The Kier molecular flexibility index (Phi) is 4.03. The molecule has 7 heteroatoms. The van der Waals surface area contributed by atoms with Crippen LogP contribution >= 0.6 is 15.9 Å². The first-order chi connectivity index (χ1) is 10.1. The molecule has 1 N–H and O–H groups in total. The number of nitrogens with one attached hydrogen (secondary N) is 1. The maximum Gasteiger partial charge on any atom is 0.311 e. The van der Waals surface area contributed by atoms with E-state index >= 15 is 0 Å². The number of hydrogen-bond acceptors (Lipinski definition) is 5. The Morgan fingerprint density at radius 3 is 3.10 bits per heavy atom. The van der Waals surface area contributed by atoms with Crippen molar-refractivity contribution in [1.82, 2.24) is 4.98 Å². The van der Waals surface area contributed by atoms with Gasteiger partial charge >= 0.3 is 5.69 Å². The predicted molar refractivity (Wildman–Crippen MR) is 83.6 cm³/mol. The summed E-state index contributed by atoms with van der Waals surface area (Å²) in [6.45, 7) is 1.32. The molecule has 3 rings (SSSR count). The maximum atomic E-state index is 11.2. The lowest BCUT2D eigenvalue weighted by Crippen LogP contribution is -2.19. The summed E-state index contributed by atoms with van der Waals surface area (Å²) in [5.41, 5.74) is 1.21. The largest absolute Gasteiger partial charge is 0.376 e. The first-order valence-electron chi connectivity index (χ1n) is 6.73. The highest BCUT2D eigenvalue weighted by molar-refractivity contribution is 9.10. The number of halogens is 1. The number of pyridine rings is 1. The summed E-state index contributed by atoms with van der Waals surface area (Å²) in [5, 5.41) is 15.1. The first-order valence-corrected chi connectivity index (χ1v) is 7.52. The molecule has 0 saturated carbocycles. The molecule has 1 aliphatic heterocycles. The lowest BCUT2D eigenvalue weighted by Gasteiger charge is -2.14. The van der Waals surface area contributed by atoms with Gasteiger partial charge in [0.05, 0.1) is 16.5 Å². The molecule has 1 atom stereocenters. The van der Waals surface area contributed by atoms with Crippen LogP contribution in [0.5, 0.6) is 0 Å². The smallest absolute Gasteiger partial charge is 0.311 e. The van der Waals surface area contributed by atoms with Crippen LogP contribution in [0.4, 0.5) is 11.4 Å². The van der Waals surface area contributed by atoms with Gasteiger partial charge in [-0.25, -0.2) is 4.98 Å². The minimum atomic E-state index is -0.412. The molecule has 6 nitrogen and oxygen atoms in total. The maximum absolute atomic E-state index is 11.2. The van der Waals surface area contributed by atoms with Crippen molar-refractivity contribution >= 4 is 38.2 Å². The van der Waals surface area contributed by atoms with Crippen molar-refractivity contribution < 1.29 is 9.66 Å². The van der Waals surface area contributed by atoms with Crippen LogP contribution in [0.15, 0.2) is 28.9 Å². The minimum absolute atomic E-state index is 0.0152. The zero-order valence-corrected chi connectivity index (χ0v) is 12.8. The molecular formula is C14H14BrN3O3. The molecule has 1 aliphatic rings. The Bertz CT molecular complexity index is 686. The average Bonchev–Trinajstić information content (AvgIpc) is 2.97. The van der Waals surface area contributed by atoms with Gasteiger partial charge in [-0.05, 0) is 31.0 Å². The van der Waals surface area contributed by atoms with Crippen molar-refractivity contribution in [2.24, 2.45) is 0 Å². The molecule has 0 aliphatic carbocycles. The molecule has 1 aromatic carbocycles. The lowest BCUT2D eigenvalue weighted by atomic mass is 10.1. The summed E-state index contributed by atoms with van der Waals surface area (Å²) in [5.74, 6) is 0. The van der Waals surface area contributed by atoms with Gasteiger partial charge < -0.3 is 10.1 Å². The van der Waals surface area contributed by atoms with Crippen molar-refractivity contribution in [3.05, 3.63) is 39.0 Å². The highest BCUT2D eigenvalue weighted by Crippen LogP contribution is 2.33. The lowest BCUT2D eigenvalue weighted by molar-refractivity contribution is -0.384. The van der Waals surface area contributed by atoms with E-state index < -0.39 is 4.92 Å². The number of nitro groups is 1. The number of hydrogen-bond donors (Lipinski definition) is 1. The average molecular weight is 352 g/mol. The molecule has 0 bridgehead atoms. The van der Waals surface area contributed by atoms with Gasteiger partial charge in [0.2, 0.25) is 0 Å². The van der Waals surface area contributed by atoms with Crippen molar-refractivity contribution in [3.63, 3.8) is 0 Å². The van der Waals surface area contributed by atoms with Crippen LogP contribution in [-0.4, -0.2) is 29.2 Å². The Morgan fingerprint density at radius 2 is 2.38 bits per heavy atom. The third-order valence-corrected chi connectivity index (χ3v) is 4.03. The summed E-state index contributed by atoms with van der Waals surface area (Å²) in [7, 11) is 0. The summed E-state index contributed by atoms with van der Waals surface area (Å²) < 4.78 is 6.41. The monoisotopic (exact) mass is 351 g/mol. The molecule has 21 heavy (non-hydrogen) atoms. The van der Waals surface area contributed by atoms with Crippen molar-refractivity contribution in [2.45, 2.75) is 18.9 Å². The van der Waals surface area contributed by atoms with Gasteiger partial charge in [0.1, 0.15) is 11.9 Å². The van der Waals surface area contributed by atoms with E-state index in [1.54, 1.807) is 0 Å². The molecular weight excluding hydrogens is 338 g/mol. The highest BCUT2D eigenvalue weighted by atomic mass is 79.9. The molecule has 1 aromatic heterocycles. The van der Waals surface area contributed by atoms with E-state index in [1.165, 1.54) is 6.20 Å².